The Hall–Kier alpha value is -3.24. The fraction of sp³-hybridized carbons (Fsp3) is 0.200. The van der Waals surface area contributed by atoms with E-state index in [1.165, 1.54) is 29.6 Å². The minimum Gasteiger partial charge on any atom is -0.307 e. The first kappa shape index (κ1) is 24.9. The molecule has 8 nitrogen and oxygen atoms in total. The number of rotatable bonds is 7. The van der Waals surface area contributed by atoms with Crippen molar-refractivity contribution >= 4 is 32.5 Å². The van der Waals surface area contributed by atoms with Crippen LogP contribution in [0.15, 0.2) is 87.3 Å². The third-order valence-electron chi connectivity index (χ3n) is 5.80. The number of benzene rings is 3. The maximum Gasteiger partial charge on any atom is 0.333 e. The predicted octanol–water partition coefficient (Wildman–Crippen LogP) is 3.26. The summed E-state index contributed by atoms with van der Waals surface area (Å²) >= 11 is 6.36. The number of H-pyrrole nitrogens is 1. The maximum atomic E-state index is 13.7. The Morgan fingerprint density at radius 3 is 2.29 bits per heavy atom. The summed E-state index contributed by atoms with van der Waals surface area (Å²) < 4.78 is 29.5. The van der Waals surface area contributed by atoms with E-state index in [4.69, 9.17) is 11.6 Å². The fourth-order valence-electron chi connectivity index (χ4n) is 3.99. The quantitative estimate of drug-likeness (QED) is 0.410. The summed E-state index contributed by atoms with van der Waals surface area (Å²) in [5.74, 6) is 0. The summed E-state index contributed by atoms with van der Waals surface area (Å²) in [6.07, 6.45) is 0. The molecule has 0 aliphatic carbocycles. The van der Waals surface area contributed by atoms with Gasteiger partial charge < -0.3 is 9.88 Å². The van der Waals surface area contributed by atoms with Crippen LogP contribution in [-0.4, -0.2) is 54.9 Å². The van der Waals surface area contributed by atoms with Gasteiger partial charge in [0, 0.05) is 13.6 Å². The normalized spacial score (nSPS) is 13.0. The number of fused-ring (bicyclic) bond motifs is 1. The molecule has 0 aliphatic heterocycles. The lowest BCUT2D eigenvalue weighted by molar-refractivity contribution is 0.280. The van der Waals surface area contributed by atoms with Crippen LogP contribution in [0.1, 0.15) is 11.6 Å². The van der Waals surface area contributed by atoms with Crippen LogP contribution in [0.2, 0.25) is 5.02 Å². The van der Waals surface area contributed by atoms with E-state index in [1.54, 1.807) is 24.3 Å². The molecule has 0 saturated heterocycles. The number of hydrogen-bond donors (Lipinski definition) is 1. The lowest BCUT2D eigenvalue weighted by Crippen LogP contribution is -2.37. The molecule has 0 bridgehead atoms. The number of nitrogens with zero attached hydrogens (tertiary/aromatic N) is 3. The highest BCUT2D eigenvalue weighted by Crippen LogP contribution is 2.29. The largest absolute Gasteiger partial charge is 0.333 e. The lowest BCUT2D eigenvalue weighted by atomic mass is 10.1. The number of para-hydroxylation sites is 1. The second-order valence-corrected chi connectivity index (χ2v) is 10.8. The van der Waals surface area contributed by atoms with E-state index in [-0.39, 0.29) is 21.0 Å². The highest BCUT2D eigenvalue weighted by molar-refractivity contribution is 7.89. The van der Waals surface area contributed by atoms with Crippen molar-refractivity contribution in [3.63, 3.8) is 0 Å². The molecule has 3 aromatic carbocycles. The number of hydrogen-bond acceptors (Lipinski definition) is 5. The van der Waals surface area contributed by atoms with Crippen molar-refractivity contribution in [2.45, 2.75) is 10.9 Å². The molecule has 182 valence electrons. The van der Waals surface area contributed by atoms with Gasteiger partial charge in [-0.05, 0) is 50.0 Å². The van der Waals surface area contributed by atoms with E-state index in [2.05, 4.69) is 4.98 Å². The van der Waals surface area contributed by atoms with Crippen LogP contribution in [-0.2, 0) is 10.0 Å². The van der Waals surface area contributed by atoms with Crippen LogP contribution < -0.4 is 11.2 Å². The number of halogens is 1. The number of nitrogens with one attached hydrogen (secondary N) is 1. The van der Waals surface area contributed by atoms with Crippen molar-refractivity contribution in [1.29, 1.82) is 0 Å². The molecule has 1 unspecified atom stereocenters. The van der Waals surface area contributed by atoms with E-state index in [0.717, 1.165) is 10.1 Å². The molecule has 0 saturated carbocycles. The van der Waals surface area contributed by atoms with Gasteiger partial charge in [-0.15, -0.1) is 0 Å². The van der Waals surface area contributed by atoms with E-state index < -0.39 is 27.3 Å². The molecule has 0 radical (unpaired) electrons. The maximum absolute atomic E-state index is 13.7. The monoisotopic (exact) mass is 512 g/mol. The number of likely N-dealkylation sites (N-methyl/N-ethyl adjacent to an activating group) is 2. The van der Waals surface area contributed by atoms with Gasteiger partial charge in [0.2, 0.25) is 10.0 Å². The second-order valence-electron chi connectivity index (χ2n) is 8.44. The predicted molar refractivity (Wildman–Crippen MR) is 138 cm³/mol. The Balaban J connectivity index is 1.84. The van der Waals surface area contributed by atoms with Gasteiger partial charge in [-0.2, -0.15) is 4.31 Å². The average molecular weight is 513 g/mol. The number of aromatic amines is 1. The van der Waals surface area contributed by atoms with Gasteiger partial charge in [0.15, 0.2) is 0 Å². The van der Waals surface area contributed by atoms with E-state index in [0.29, 0.717) is 12.1 Å². The molecule has 1 atom stereocenters. The topological polar surface area (TPSA) is 95.5 Å². The molecule has 0 aliphatic rings. The Morgan fingerprint density at radius 2 is 1.60 bits per heavy atom. The standard InChI is InChI=1S/C25H25ClN4O4S/c1-28(2)16-23(17-9-5-4-6-10-17)29(3)35(33,34)18-13-14-20(26)22(15-18)30-24(31)19-11-7-8-12-21(19)27-25(30)32/h4-15,23H,16H2,1-3H3,(H,27,32). The summed E-state index contributed by atoms with van der Waals surface area (Å²) in [6.45, 7) is 0.448. The van der Waals surface area contributed by atoms with Gasteiger partial charge in [-0.25, -0.2) is 17.8 Å². The summed E-state index contributed by atoms with van der Waals surface area (Å²) in [6, 6.07) is 19.5. The lowest BCUT2D eigenvalue weighted by Gasteiger charge is -2.30. The Labute approximate surface area is 208 Å². The Morgan fingerprint density at radius 1 is 0.943 bits per heavy atom. The molecule has 35 heavy (non-hydrogen) atoms. The molecule has 1 heterocycles. The minimum absolute atomic E-state index is 0.0120. The van der Waals surface area contributed by atoms with Gasteiger partial charge in [-0.1, -0.05) is 54.1 Å². The Bertz CT molecular complexity index is 1600. The van der Waals surface area contributed by atoms with E-state index >= 15 is 0 Å². The van der Waals surface area contributed by atoms with Crippen LogP contribution in [0.4, 0.5) is 0 Å². The smallest absolute Gasteiger partial charge is 0.307 e. The summed E-state index contributed by atoms with van der Waals surface area (Å²) in [5.41, 5.74) is -0.101. The number of aromatic nitrogens is 2. The first-order valence-electron chi connectivity index (χ1n) is 10.8. The molecule has 4 rings (SSSR count). The highest BCUT2D eigenvalue weighted by atomic mass is 35.5. The van der Waals surface area contributed by atoms with Gasteiger partial charge in [-0.3, -0.25) is 4.79 Å². The average Bonchev–Trinajstić information content (AvgIpc) is 2.83. The fourth-order valence-corrected chi connectivity index (χ4v) is 5.55. The summed E-state index contributed by atoms with van der Waals surface area (Å²) in [5, 5.41) is 0.353. The molecule has 0 spiro atoms. The highest BCUT2D eigenvalue weighted by Gasteiger charge is 2.30. The van der Waals surface area contributed by atoms with E-state index in [9.17, 15) is 18.0 Å². The molecule has 10 heteroatoms. The third-order valence-corrected chi connectivity index (χ3v) is 7.98. The van der Waals surface area contributed by atoms with Crippen molar-refractivity contribution in [2.75, 3.05) is 27.7 Å². The van der Waals surface area contributed by atoms with Crippen LogP contribution >= 0.6 is 11.6 Å². The van der Waals surface area contributed by atoms with E-state index in [1.807, 2.05) is 49.3 Å². The van der Waals surface area contributed by atoms with Crippen molar-refractivity contribution in [3.8, 4) is 5.69 Å². The van der Waals surface area contributed by atoms with Gasteiger partial charge >= 0.3 is 5.69 Å². The zero-order valence-electron chi connectivity index (χ0n) is 19.5. The minimum atomic E-state index is -4.03. The summed E-state index contributed by atoms with van der Waals surface area (Å²) in [7, 11) is 1.23. The van der Waals surface area contributed by atoms with Crippen LogP contribution in [0, 0.1) is 0 Å². The van der Waals surface area contributed by atoms with Crippen molar-refractivity contribution in [1.82, 2.24) is 18.8 Å². The third kappa shape index (κ3) is 4.81. The van der Waals surface area contributed by atoms with Crippen LogP contribution in [0.25, 0.3) is 16.6 Å². The molecule has 1 N–H and O–H groups in total. The van der Waals surface area contributed by atoms with Crippen molar-refractivity contribution in [2.24, 2.45) is 0 Å². The SMILES string of the molecule is CN(C)CC(c1ccccc1)N(C)S(=O)(=O)c1ccc(Cl)c(-n2c(=O)[nH]c3ccccc3c2=O)c1. The first-order chi connectivity index (χ1) is 16.6. The van der Waals surface area contributed by atoms with Gasteiger partial charge in [0.25, 0.3) is 5.56 Å². The Kier molecular flexibility index (Phi) is 6.95. The van der Waals surface area contributed by atoms with Crippen molar-refractivity contribution < 1.29 is 8.42 Å². The molecule has 4 aromatic rings. The molecule has 0 fully saturated rings. The molecule has 1 aromatic heterocycles. The second kappa shape index (κ2) is 9.79. The van der Waals surface area contributed by atoms with Crippen LogP contribution in [0.5, 0.6) is 0 Å². The van der Waals surface area contributed by atoms with Gasteiger partial charge in [0.1, 0.15) is 0 Å². The van der Waals surface area contributed by atoms with Crippen molar-refractivity contribution in [3.05, 3.63) is 104 Å². The number of sulfonamides is 1. The van der Waals surface area contributed by atoms with Crippen LogP contribution in [0.3, 0.4) is 0 Å². The zero-order chi connectivity index (χ0) is 25.3. The zero-order valence-corrected chi connectivity index (χ0v) is 21.0. The first-order valence-corrected chi connectivity index (χ1v) is 12.6. The molecule has 0 amide bonds. The van der Waals surface area contributed by atoms with Gasteiger partial charge in [0.05, 0.1) is 32.6 Å². The summed E-state index contributed by atoms with van der Waals surface area (Å²) in [4.78, 5) is 30.4. The molecular formula is C25H25ClN4O4S. The molecular weight excluding hydrogens is 488 g/mol.